The van der Waals surface area contributed by atoms with Crippen LogP contribution in [0.4, 0.5) is 0 Å². The molecule has 0 radical (unpaired) electrons. The Kier molecular flexibility index (Phi) is 10.9. The highest BCUT2D eigenvalue weighted by molar-refractivity contribution is 7.64. The van der Waals surface area contributed by atoms with Crippen molar-refractivity contribution in [3.63, 3.8) is 0 Å². The van der Waals surface area contributed by atoms with Gasteiger partial charge in [0.05, 0.1) is 13.7 Å². The number of rotatable bonds is 11. The Balaban J connectivity index is 1.58. The van der Waals surface area contributed by atoms with E-state index < -0.39 is 6.00 Å². The second-order valence-corrected chi connectivity index (χ2v) is 17.1. The highest BCUT2D eigenvalue weighted by Gasteiger charge is 2.25. The van der Waals surface area contributed by atoms with Gasteiger partial charge < -0.3 is 9.47 Å². The minimum absolute atomic E-state index is 0.357. The summed E-state index contributed by atoms with van der Waals surface area (Å²) in [7, 11) is 1.37. The van der Waals surface area contributed by atoms with Gasteiger partial charge in [0.15, 0.2) is 0 Å². The van der Waals surface area contributed by atoms with Crippen LogP contribution in [-0.2, 0) is 9.53 Å². The standard InChI is InChI=1S/C22H31Cl3O3Si/c1-27-22(26)14-11-19-9-12-21(13-10-19)28-16-15-20-7-5-18(6-8-20)4-2-3-17-29(23,24)25/h9-14,18,20H,2-8,15-17H2,1H3. The number of ether oxygens (including phenoxy) is 2. The summed E-state index contributed by atoms with van der Waals surface area (Å²) in [5.74, 6) is 2.12. The number of methoxy groups -OCH3 is 1. The van der Waals surface area contributed by atoms with Crippen molar-refractivity contribution in [2.45, 2.75) is 57.4 Å². The van der Waals surface area contributed by atoms with Crippen LogP contribution in [0.1, 0.15) is 56.9 Å². The molecule has 0 atom stereocenters. The van der Waals surface area contributed by atoms with Crippen molar-refractivity contribution in [3.8, 4) is 5.75 Å². The molecule has 1 aliphatic carbocycles. The predicted octanol–water partition coefficient (Wildman–Crippen LogP) is 7.27. The van der Waals surface area contributed by atoms with Crippen LogP contribution < -0.4 is 4.74 Å². The maximum absolute atomic E-state index is 11.1. The Labute approximate surface area is 189 Å². The molecule has 1 saturated carbocycles. The number of benzene rings is 1. The van der Waals surface area contributed by atoms with Crippen molar-refractivity contribution >= 4 is 51.3 Å². The quantitative estimate of drug-likeness (QED) is 0.110. The summed E-state index contributed by atoms with van der Waals surface area (Å²) in [6.45, 7) is 0.751. The predicted molar refractivity (Wildman–Crippen MR) is 125 cm³/mol. The second kappa shape index (κ2) is 12.9. The summed E-state index contributed by atoms with van der Waals surface area (Å²) in [5.41, 5.74) is 0.942. The molecular formula is C22H31Cl3O3Si. The molecule has 0 heterocycles. The van der Waals surface area contributed by atoms with Crippen molar-refractivity contribution in [1.29, 1.82) is 0 Å². The van der Waals surface area contributed by atoms with Crippen LogP contribution in [0.25, 0.3) is 6.08 Å². The fourth-order valence-electron chi connectivity index (χ4n) is 3.82. The van der Waals surface area contributed by atoms with Gasteiger partial charge in [-0.3, -0.25) is 0 Å². The molecule has 0 spiro atoms. The van der Waals surface area contributed by atoms with Gasteiger partial charge >= 0.3 is 12.0 Å². The van der Waals surface area contributed by atoms with E-state index in [-0.39, 0.29) is 5.97 Å². The average Bonchev–Trinajstić information content (AvgIpc) is 2.70. The highest BCUT2D eigenvalue weighted by Crippen LogP contribution is 2.34. The average molecular weight is 478 g/mol. The largest absolute Gasteiger partial charge is 0.494 e. The van der Waals surface area contributed by atoms with Gasteiger partial charge in [-0.1, -0.05) is 57.1 Å². The van der Waals surface area contributed by atoms with E-state index in [1.165, 1.54) is 51.7 Å². The molecule has 0 amide bonds. The summed E-state index contributed by atoms with van der Waals surface area (Å²) >= 11 is 17.8. The Morgan fingerprint density at radius 1 is 1.03 bits per heavy atom. The van der Waals surface area contributed by atoms with Crippen LogP contribution in [0.5, 0.6) is 5.75 Å². The van der Waals surface area contributed by atoms with Crippen LogP contribution in [0, 0.1) is 11.8 Å². The number of unbranched alkanes of at least 4 members (excludes halogenated alkanes) is 1. The van der Waals surface area contributed by atoms with Crippen LogP contribution in [-0.4, -0.2) is 25.7 Å². The molecule has 0 saturated heterocycles. The Hall–Kier alpha value is -0.683. The van der Waals surface area contributed by atoms with Crippen LogP contribution in [0.15, 0.2) is 30.3 Å². The van der Waals surface area contributed by atoms with Gasteiger partial charge in [-0.05, 0) is 48.1 Å². The van der Waals surface area contributed by atoms with Crippen molar-refractivity contribution in [1.82, 2.24) is 0 Å². The molecule has 162 valence electrons. The van der Waals surface area contributed by atoms with E-state index in [0.29, 0.717) is 0 Å². The monoisotopic (exact) mass is 476 g/mol. The maximum Gasteiger partial charge on any atom is 0.341 e. The SMILES string of the molecule is COC(=O)C=Cc1ccc(OCCC2CCC(CCCC[Si](Cl)(Cl)Cl)CC2)cc1. The zero-order valence-corrected chi connectivity index (χ0v) is 20.3. The molecule has 1 aromatic rings. The lowest BCUT2D eigenvalue weighted by molar-refractivity contribution is -0.134. The van der Waals surface area contributed by atoms with E-state index in [1.54, 1.807) is 6.08 Å². The molecule has 1 fully saturated rings. The zero-order chi connectivity index (χ0) is 21.1. The van der Waals surface area contributed by atoms with Gasteiger partial charge in [-0.2, -0.15) is 0 Å². The first-order valence-corrected chi connectivity index (χ1v) is 15.7. The number of carbonyl (C=O) groups is 1. The molecule has 1 aliphatic rings. The first-order valence-electron chi connectivity index (χ1n) is 10.4. The molecule has 1 aromatic carbocycles. The lowest BCUT2D eigenvalue weighted by atomic mass is 9.79. The van der Waals surface area contributed by atoms with E-state index in [1.807, 2.05) is 24.3 Å². The number of hydrogen-bond donors (Lipinski definition) is 0. The van der Waals surface area contributed by atoms with Gasteiger partial charge in [-0.15, -0.1) is 33.2 Å². The first kappa shape index (κ1) is 24.6. The third-order valence-electron chi connectivity index (χ3n) is 5.58. The summed E-state index contributed by atoms with van der Waals surface area (Å²) in [5, 5.41) is 0. The molecule has 0 N–H and O–H groups in total. The summed E-state index contributed by atoms with van der Waals surface area (Å²) in [6, 6.07) is 6.10. The molecule has 0 aromatic heterocycles. The molecule has 0 unspecified atom stereocenters. The van der Waals surface area contributed by atoms with Crippen molar-refractivity contribution in [3.05, 3.63) is 35.9 Å². The summed E-state index contributed by atoms with van der Waals surface area (Å²) in [4.78, 5) is 11.1. The second-order valence-electron chi connectivity index (χ2n) is 7.81. The fourth-order valence-corrected chi connectivity index (χ4v) is 5.67. The van der Waals surface area contributed by atoms with Crippen LogP contribution >= 0.6 is 33.2 Å². The summed E-state index contributed by atoms with van der Waals surface area (Å²) < 4.78 is 10.5. The maximum atomic E-state index is 11.1. The number of hydrogen-bond acceptors (Lipinski definition) is 3. The van der Waals surface area contributed by atoms with E-state index in [9.17, 15) is 4.79 Å². The zero-order valence-electron chi connectivity index (χ0n) is 17.0. The molecule has 0 bridgehead atoms. The Morgan fingerprint density at radius 3 is 2.24 bits per heavy atom. The Bertz CT molecular complexity index is 636. The first-order chi connectivity index (χ1) is 13.9. The third kappa shape index (κ3) is 10.8. The van der Waals surface area contributed by atoms with E-state index >= 15 is 0 Å². The molecule has 3 nitrogen and oxygen atoms in total. The van der Waals surface area contributed by atoms with E-state index in [0.717, 1.165) is 48.6 Å². The molecular weight excluding hydrogens is 447 g/mol. The minimum Gasteiger partial charge on any atom is -0.494 e. The number of halogens is 3. The van der Waals surface area contributed by atoms with Gasteiger partial charge in [0.1, 0.15) is 5.75 Å². The molecule has 2 rings (SSSR count). The topological polar surface area (TPSA) is 35.5 Å². The highest BCUT2D eigenvalue weighted by atomic mass is 35.8. The van der Waals surface area contributed by atoms with E-state index in [4.69, 9.17) is 38.0 Å². The fraction of sp³-hybridized carbons (Fsp3) is 0.591. The minimum atomic E-state index is -2.43. The molecule has 7 heteroatoms. The smallest absolute Gasteiger partial charge is 0.341 e. The van der Waals surface area contributed by atoms with Gasteiger partial charge in [0.25, 0.3) is 0 Å². The molecule has 29 heavy (non-hydrogen) atoms. The lowest BCUT2D eigenvalue weighted by Gasteiger charge is -2.28. The van der Waals surface area contributed by atoms with Crippen LogP contribution in [0.3, 0.4) is 0 Å². The van der Waals surface area contributed by atoms with Gasteiger partial charge in [0.2, 0.25) is 0 Å². The van der Waals surface area contributed by atoms with Gasteiger partial charge in [-0.25, -0.2) is 4.79 Å². The third-order valence-corrected chi connectivity index (χ3v) is 8.20. The van der Waals surface area contributed by atoms with Crippen molar-refractivity contribution < 1.29 is 14.3 Å². The summed E-state index contributed by atoms with van der Waals surface area (Å²) in [6.07, 6.45) is 13.0. The Morgan fingerprint density at radius 2 is 1.66 bits per heavy atom. The normalized spacial score (nSPS) is 20.0. The van der Waals surface area contributed by atoms with Gasteiger partial charge in [0, 0.05) is 6.08 Å². The number of esters is 1. The van der Waals surface area contributed by atoms with E-state index in [2.05, 4.69) is 4.74 Å². The van der Waals surface area contributed by atoms with Crippen molar-refractivity contribution in [2.24, 2.45) is 11.8 Å². The molecule has 0 aliphatic heterocycles. The van der Waals surface area contributed by atoms with Crippen LogP contribution in [0.2, 0.25) is 6.04 Å². The number of carbonyl (C=O) groups excluding carboxylic acids is 1. The lowest BCUT2D eigenvalue weighted by Crippen LogP contribution is -2.17. The van der Waals surface area contributed by atoms with Crippen molar-refractivity contribution in [2.75, 3.05) is 13.7 Å².